The van der Waals surface area contributed by atoms with Crippen LogP contribution in [0.1, 0.15) is 59.5 Å². The Bertz CT molecular complexity index is 1570. The van der Waals surface area contributed by atoms with Gasteiger partial charge in [0, 0.05) is 16.5 Å². The number of carbonyl (C=O) groups excluding carboxylic acids is 4. The van der Waals surface area contributed by atoms with Crippen molar-refractivity contribution < 1.29 is 23.9 Å². The number of benzene rings is 3. The number of amides is 3. The molecule has 3 amide bonds. The molecular formula is C30H24N2O5S. The van der Waals surface area contributed by atoms with Gasteiger partial charge in [-0.25, -0.2) is 9.69 Å². The minimum absolute atomic E-state index is 0.202. The summed E-state index contributed by atoms with van der Waals surface area (Å²) in [6.07, 6.45) is 0. The topological polar surface area (TPSA) is 92.8 Å². The van der Waals surface area contributed by atoms with E-state index in [1.807, 2.05) is 37.4 Å². The molecule has 5 rings (SSSR count). The number of carbonyl (C=O) groups is 4. The first kappa shape index (κ1) is 25.1. The molecule has 1 N–H and O–H groups in total. The van der Waals surface area contributed by atoms with Crippen molar-refractivity contribution in [1.29, 1.82) is 0 Å². The molecule has 38 heavy (non-hydrogen) atoms. The van der Waals surface area contributed by atoms with E-state index in [-0.39, 0.29) is 6.61 Å². The van der Waals surface area contributed by atoms with Gasteiger partial charge in [0.2, 0.25) is 0 Å². The number of rotatable bonds is 6. The predicted octanol–water partition coefficient (Wildman–Crippen LogP) is 6.26. The molecular weight excluding hydrogens is 500 g/mol. The molecule has 0 spiro atoms. The van der Waals surface area contributed by atoms with Gasteiger partial charge in [0.15, 0.2) is 0 Å². The Balaban J connectivity index is 1.41. The molecule has 4 aromatic rings. The average Bonchev–Trinajstić information content (AvgIpc) is 3.43. The summed E-state index contributed by atoms with van der Waals surface area (Å²) in [5.74, 6) is -1.75. The van der Waals surface area contributed by atoms with Crippen LogP contribution in [0.4, 0.5) is 10.7 Å². The highest BCUT2D eigenvalue weighted by Crippen LogP contribution is 2.38. The van der Waals surface area contributed by atoms with Crippen LogP contribution in [0.2, 0.25) is 0 Å². The molecule has 1 aromatic heterocycles. The van der Waals surface area contributed by atoms with Crippen LogP contribution in [-0.4, -0.2) is 30.3 Å². The smallest absolute Gasteiger partial charge is 0.341 e. The minimum Gasteiger partial charge on any atom is -0.462 e. The maximum absolute atomic E-state index is 13.1. The van der Waals surface area contributed by atoms with Crippen molar-refractivity contribution in [2.24, 2.45) is 0 Å². The predicted molar refractivity (Wildman–Crippen MR) is 147 cm³/mol. The molecule has 7 nitrogen and oxygen atoms in total. The van der Waals surface area contributed by atoms with Crippen LogP contribution < -0.4 is 10.2 Å². The third-order valence-electron chi connectivity index (χ3n) is 6.35. The van der Waals surface area contributed by atoms with E-state index < -0.39 is 23.7 Å². The summed E-state index contributed by atoms with van der Waals surface area (Å²) >= 11 is 1.25. The van der Waals surface area contributed by atoms with Crippen molar-refractivity contribution in [1.82, 2.24) is 0 Å². The Morgan fingerprint density at radius 1 is 0.868 bits per heavy atom. The molecule has 0 saturated carbocycles. The molecule has 1 aliphatic heterocycles. The zero-order valence-corrected chi connectivity index (χ0v) is 21.8. The lowest BCUT2D eigenvalue weighted by Gasteiger charge is -2.14. The number of nitrogens with one attached hydrogen (secondary N) is 1. The Hall–Kier alpha value is -4.56. The first-order chi connectivity index (χ1) is 18.3. The number of imide groups is 1. The maximum Gasteiger partial charge on any atom is 0.341 e. The molecule has 3 aromatic carbocycles. The van der Waals surface area contributed by atoms with Gasteiger partial charge in [0.25, 0.3) is 17.7 Å². The highest BCUT2D eigenvalue weighted by atomic mass is 32.1. The van der Waals surface area contributed by atoms with Gasteiger partial charge in [-0.2, -0.15) is 0 Å². The molecule has 190 valence electrons. The number of anilines is 2. The van der Waals surface area contributed by atoms with Crippen LogP contribution in [0.5, 0.6) is 0 Å². The Morgan fingerprint density at radius 3 is 2.13 bits per heavy atom. The van der Waals surface area contributed by atoms with E-state index in [1.54, 1.807) is 43.3 Å². The molecule has 8 heteroatoms. The van der Waals surface area contributed by atoms with Crippen LogP contribution in [0.25, 0.3) is 11.1 Å². The zero-order chi connectivity index (χ0) is 27.0. The lowest BCUT2D eigenvalue weighted by atomic mass is 9.97. The summed E-state index contributed by atoms with van der Waals surface area (Å²) in [6.45, 7) is 5.91. The number of aryl methyl sites for hydroxylation is 2. The molecule has 1 aliphatic rings. The van der Waals surface area contributed by atoms with Crippen molar-refractivity contribution in [2.45, 2.75) is 20.8 Å². The van der Waals surface area contributed by atoms with Gasteiger partial charge in [-0.05, 0) is 68.3 Å². The molecule has 0 unspecified atom stereocenters. The Labute approximate surface area is 223 Å². The normalized spacial score (nSPS) is 12.4. The lowest BCUT2D eigenvalue weighted by Crippen LogP contribution is -2.29. The summed E-state index contributed by atoms with van der Waals surface area (Å²) in [4.78, 5) is 52.7. The van der Waals surface area contributed by atoms with E-state index in [2.05, 4.69) is 5.32 Å². The second-order valence-corrected chi connectivity index (χ2v) is 9.76. The van der Waals surface area contributed by atoms with Crippen LogP contribution in [0.3, 0.4) is 0 Å². The zero-order valence-electron chi connectivity index (χ0n) is 21.0. The fourth-order valence-electron chi connectivity index (χ4n) is 4.53. The van der Waals surface area contributed by atoms with E-state index in [1.165, 1.54) is 23.5 Å². The van der Waals surface area contributed by atoms with Gasteiger partial charge in [-0.15, -0.1) is 11.3 Å². The number of hydrogen-bond acceptors (Lipinski definition) is 6. The highest BCUT2D eigenvalue weighted by Gasteiger charge is 2.36. The van der Waals surface area contributed by atoms with Crippen molar-refractivity contribution in [3.8, 4) is 11.1 Å². The number of fused-ring (bicyclic) bond motifs is 1. The first-order valence-electron chi connectivity index (χ1n) is 12.1. The van der Waals surface area contributed by atoms with Crippen molar-refractivity contribution in [3.05, 3.63) is 105 Å². The molecule has 0 saturated heterocycles. The minimum atomic E-state index is -0.514. The van der Waals surface area contributed by atoms with Crippen LogP contribution in [-0.2, 0) is 4.74 Å². The molecule has 0 bridgehead atoms. The number of esters is 1. The number of ether oxygens (including phenoxy) is 1. The molecule has 2 heterocycles. The van der Waals surface area contributed by atoms with Crippen LogP contribution >= 0.6 is 11.3 Å². The molecule has 0 aliphatic carbocycles. The SMILES string of the molecule is CCOC(=O)c1c(-c2ccc(C)cc2C)csc1NC(=O)c1ccc(N2C(=O)c3ccccc3C2=O)cc1. The van der Waals surface area contributed by atoms with Crippen LogP contribution in [0.15, 0.2) is 72.1 Å². The van der Waals surface area contributed by atoms with E-state index >= 15 is 0 Å². The second-order valence-electron chi connectivity index (χ2n) is 8.88. The largest absolute Gasteiger partial charge is 0.462 e. The second kappa shape index (κ2) is 10.1. The first-order valence-corrected chi connectivity index (χ1v) is 12.9. The number of hydrogen-bond donors (Lipinski definition) is 1. The summed E-state index contributed by atoms with van der Waals surface area (Å²) in [5, 5.41) is 5.06. The molecule has 0 fully saturated rings. The summed E-state index contributed by atoms with van der Waals surface area (Å²) < 4.78 is 5.31. The van der Waals surface area contributed by atoms with E-state index in [0.717, 1.165) is 21.6 Å². The van der Waals surface area contributed by atoms with Gasteiger partial charge in [-0.3, -0.25) is 14.4 Å². The van der Waals surface area contributed by atoms with E-state index in [0.29, 0.717) is 38.5 Å². The van der Waals surface area contributed by atoms with Crippen molar-refractivity contribution in [3.63, 3.8) is 0 Å². The van der Waals surface area contributed by atoms with Crippen molar-refractivity contribution in [2.75, 3.05) is 16.8 Å². The highest BCUT2D eigenvalue weighted by molar-refractivity contribution is 7.15. The molecule has 0 atom stereocenters. The third kappa shape index (κ3) is 4.39. The maximum atomic E-state index is 13.1. The number of thiophene rings is 1. The fourth-order valence-corrected chi connectivity index (χ4v) is 5.47. The monoisotopic (exact) mass is 524 g/mol. The van der Waals surface area contributed by atoms with E-state index in [9.17, 15) is 19.2 Å². The van der Waals surface area contributed by atoms with Gasteiger partial charge in [0.1, 0.15) is 10.6 Å². The summed E-state index contributed by atoms with van der Waals surface area (Å²) in [5.41, 5.74) is 5.39. The summed E-state index contributed by atoms with van der Waals surface area (Å²) in [7, 11) is 0. The van der Waals surface area contributed by atoms with Gasteiger partial charge < -0.3 is 10.1 Å². The van der Waals surface area contributed by atoms with Crippen molar-refractivity contribution >= 4 is 45.7 Å². The third-order valence-corrected chi connectivity index (χ3v) is 7.25. The standard InChI is InChI=1S/C30H24N2O5S/c1-4-37-30(36)25-24(21-14-9-17(2)15-18(21)3)16-38-27(25)31-26(33)19-10-12-20(13-11-19)32-28(34)22-7-5-6-8-23(22)29(32)35/h5-16H,4H2,1-3H3,(H,31,33). The van der Waals surface area contributed by atoms with Crippen LogP contribution in [0, 0.1) is 13.8 Å². The number of nitrogens with zero attached hydrogens (tertiary/aromatic N) is 1. The summed E-state index contributed by atoms with van der Waals surface area (Å²) in [6, 6.07) is 18.8. The molecule has 0 radical (unpaired) electrons. The van der Waals surface area contributed by atoms with E-state index in [4.69, 9.17) is 4.74 Å². The Kier molecular flexibility index (Phi) is 6.65. The lowest BCUT2D eigenvalue weighted by molar-refractivity contribution is 0.0528. The fraction of sp³-hybridized carbons (Fsp3) is 0.133. The van der Waals surface area contributed by atoms with Gasteiger partial charge >= 0.3 is 5.97 Å². The van der Waals surface area contributed by atoms with Gasteiger partial charge in [0.05, 0.1) is 23.4 Å². The average molecular weight is 525 g/mol. The van der Waals surface area contributed by atoms with Gasteiger partial charge in [-0.1, -0.05) is 35.9 Å². The quantitative estimate of drug-likeness (QED) is 0.237. The Morgan fingerprint density at radius 2 is 1.53 bits per heavy atom.